The van der Waals surface area contributed by atoms with Crippen LogP contribution in [-0.4, -0.2) is 43.7 Å². The quantitative estimate of drug-likeness (QED) is 0.572. The summed E-state index contributed by atoms with van der Waals surface area (Å²) < 4.78 is 11.1. The fourth-order valence-corrected chi connectivity index (χ4v) is 3.05. The van der Waals surface area contributed by atoms with Crippen molar-refractivity contribution in [2.45, 2.75) is 51.7 Å². The van der Waals surface area contributed by atoms with Crippen molar-refractivity contribution in [1.82, 2.24) is 4.90 Å². The van der Waals surface area contributed by atoms with Gasteiger partial charge in [-0.3, -0.25) is 9.74 Å². The molecule has 1 aliphatic rings. The minimum absolute atomic E-state index is 0.301. The van der Waals surface area contributed by atoms with E-state index in [4.69, 9.17) is 15.7 Å². The molecule has 18 heavy (non-hydrogen) atoms. The average Bonchev–Trinajstić information content (AvgIpc) is 2.05. The van der Waals surface area contributed by atoms with Gasteiger partial charge in [-0.2, -0.15) is 0 Å². The van der Waals surface area contributed by atoms with Crippen LogP contribution < -0.4 is 0 Å². The van der Waals surface area contributed by atoms with Gasteiger partial charge in [0.1, 0.15) is 18.7 Å². The van der Waals surface area contributed by atoms with E-state index < -0.39 is 19.6 Å². The van der Waals surface area contributed by atoms with Crippen LogP contribution in [0.15, 0.2) is 0 Å². The Morgan fingerprint density at radius 3 is 2.17 bits per heavy atom. The van der Waals surface area contributed by atoms with Gasteiger partial charge in [-0.1, -0.05) is 0 Å². The minimum atomic E-state index is -1.79. The molecule has 0 aromatic heterocycles. The van der Waals surface area contributed by atoms with Gasteiger partial charge in [-0.15, -0.1) is 0 Å². The summed E-state index contributed by atoms with van der Waals surface area (Å²) in [5, 5.41) is 0. The highest BCUT2D eigenvalue weighted by molar-refractivity contribution is 6.69. The Hall–Kier alpha value is -1.06. The number of hydrogen-bond acceptors (Lipinski definition) is 3. The Bertz CT molecular complexity index is 370. The second-order valence-electron chi connectivity index (χ2n) is 6.61. The van der Waals surface area contributed by atoms with Crippen molar-refractivity contribution in [3.8, 4) is 0 Å². The van der Waals surface area contributed by atoms with Gasteiger partial charge in [-0.05, 0) is 40.4 Å². The van der Waals surface area contributed by atoms with Crippen LogP contribution in [0.1, 0.15) is 20.8 Å². The molecule has 1 aliphatic heterocycles. The molecule has 1 fully saturated rings. The normalized spacial score (nSPS) is 18.8. The average molecular weight is 270 g/mol. The molecule has 102 valence electrons. The maximum absolute atomic E-state index is 11.8. The van der Waals surface area contributed by atoms with Crippen LogP contribution in [0.25, 0.3) is 4.85 Å². The lowest BCUT2D eigenvalue weighted by molar-refractivity contribution is -0.0608. The van der Waals surface area contributed by atoms with E-state index in [-0.39, 0.29) is 6.09 Å². The van der Waals surface area contributed by atoms with E-state index in [9.17, 15) is 4.79 Å². The summed E-state index contributed by atoms with van der Waals surface area (Å²) >= 11 is 0. The lowest BCUT2D eigenvalue weighted by Crippen LogP contribution is -2.65. The molecule has 0 N–H and O–H groups in total. The molecule has 0 bridgehead atoms. The number of carbonyl (C=O) groups excluding carboxylic acids is 1. The molecule has 0 saturated carbocycles. The van der Waals surface area contributed by atoms with Gasteiger partial charge < -0.3 is 9.16 Å². The molecule has 1 heterocycles. The van der Waals surface area contributed by atoms with Gasteiger partial charge >= 0.3 is 11.8 Å². The minimum Gasteiger partial charge on any atom is -0.444 e. The van der Waals surface area contributed by atoms with Crippen LogP contribution in [0.2, 0.25) is 19.6 Å². The predicted octanol–water partition coefficient (Wildman–Crippen LogP) is 2.70. The van der Waals surface area contributed by atoms with Crippen molar-refractivity contribution in [3.05, 3.63) is 11.4 Å². The van der Waals surface area contributed by atoms with Crippen molar-refractivity contribution in [2.75, 3.05) is 13.1 Å². The third-order valence-corrected chi connectivity index (χ3v) is 3.22. The number of nitrogens with zero attached hydrogens (tertiary/aromatic N) is 2. The smallest absolute Gasteiger partial charge is 0.411 e. The molecule has 1 saturated heterocycles. The summed E-state index contributed by atoms with van der Waals surface area (Å²) in [6.07, 6.45) is -0.374. The summed E-state index contributed by atoms with van der Waals surface area (Å²) in [6, 6.07) is 0. The monoisotopic (exact) mass is 270 g/mol. The number of rotatable bonds is 2. The number of hydrogen-bond donors (Lipinski definition) is 0. The van der Waals surface area contributed by atoms with Crippen molar-refractivity contribution in [2.24, 2.45) is 0 Å². The topological polar surface area (TPSA) is 43.1 Å². The second-order valence-corrected chi connectivity index (χ2v) is 11.0. The molecular weight excluding hydrogens is 248 g/mol. The molecule has 0 unspecified atom stereocenters. The number of carbonyl (C=O) groups is 1. The predicted molar refractivity (Wildman–Crippen MR) is 71.6 cm³/mol. The molecule has 0 radical (unpaired) electrons. The summed E-state index contributed by atoms with van der Waals surface area (Å²) in [6.45, 7) is 19.4. The maximum atomic E-state index is 11.8. The highest BCUT2D eigenvalue weighted by Gasteiger charge is 2.56. The first-order chi connectivity index (χ1) is 7.96. The van der Waals surface area contributed by atoms with Gasteiger partial charge in [0.05, 0.1) is 0 Å². The molecule has 0 aliphatic carbocycles. The molecule has 0 aromatic rings. The van der Waals surface area contributed by atoms with E-state index in [0.717, 1.165) is 0 Å². The summed E-state index contributed by atoms with van der Waals surface area (Å²) in [7, 11) is -1.79. The number of amides is 1. The van der Waals surface area contributed by atoms with Crippen molar-refractivity contribution >= 4 is 14.4 Å². The highest BCUT2D eigenvalue weighted by Crippen LogP contribution is 2.31. The molecule has 5 nitrogen and oxygen atoms in total. The third kappa shape index (κ3) is 4.00. The largest absolute Gasteiger partial charge is 0.444 e. The zero-order chi connectivity index (χ0) is 14.2. The van der Waals surface area contributed by atoms with Gasteiger partial charge in [-0.25, -0.2) is 11.4 Å². The third-order valence-electron chi connectivity index (χ3n) is 2.23. The second kappa shape index (κ2) is 4.56. The summed E-state index contributed by atoms with van der Waals surface area (Å²) in [5.41, 5.74) is -1.35. The molecule has 1 amide bonds. The van der Waals surface area contributed by atoms with Crippen molar-refractivity contribution in [3.63, 3.8) is 0 Å². The molecular formula is C12H22N2O3Si. The van der Waals surface area contributed by atoms with Crippen LogP contribution in [0.4, 0.5) is 4.79 Å². The zero-order valence-electron chi connectivity index (χ0n) is 12.0. The van der Waals surface area contributed by atoms with Gasteiger partial charge in [0.2, 0.25) is 0 Å². The van der Waals surface area contributed by atoms with E-state index in [2.05, 4.69) is 4.85 Å². The number of ether oxygens (including phenoxy) is 1. The Labute approximate surface area is 110 Å². The SMILES string of the molecule is [C-]#[N+]C1(O[Si](C)(C)C)CN(C(=O)OC(C)(C)C)C1. The van der Waals surface area contributed by atoms with Crippen LogP contribution in [0.5, 0.6) is 0 Å². The van der Waals surface area contributed by atoms with E-state index in [1.54, 1.807) is 0 Å². The molecule has 0 spiro atoms. The number of likely N-dealkylation sites (tertiary alicyclic amines) is 1. The van der Waals surface area contributed by atoms with E-state index in [1.807, 2.05) is 40.4 Å². The molecule has 0 atom stereocenters. The van der Waals surface area contributed by atoms with Crippen LogP contribution in [0, 0.1) is 6.57 Å². The lowest BCUT2D eigenvalue weighted by Gasteiger charge is -2.43. The van der Waals surface area contributed by atoms with Gasteiger partial charge in [0.25, 0.3) is 0 Å². The fraction of sp³-hybridized carbons (Fsp3) is 0.833. The molecule has 1 rings (SSSR count). The van der Waals surface area contributed by atoms with Crippen molar-refractivity contribution < 1.29 is 14.0 Å². The lowest BCUT2D eigenvalue weighted by atomic mass is 10.1. The standard InChI is InChI=1S/C12H22N2O3Si/c1-11(2,3)16-10(15)14-8-12(9-14,13-4)17-18(5,6)7/h8-9H2,1-3,5-7H3. The summed E-state index contributed by atoms with van der Waals surface area (Å²) in [4.78, 5) is 16.8. The van der Waals surface area contributed by atoms with E-state index in [1.165, 1.54) is 4.90 Å². The maximum Gasteiger partial charge on any atom is 0.411 e. The molecule has 6 heteroatoms. The van der Waals surface area contributed by atoms with E-state index in [0.29, 0.717) is 13.1 Å². The molecule has 0 aromatic carbocycles. The summed E-state index contributed by atoms with van der Waals surface area (Å²) in [5.74, 6) is 0. The zero-order valence-corrected chi connectivity index (χ0v) is 13.0. The van der Waals surface area contributed by atoms with Gasteiger partial charge in [0, 0.05) is 0 Å². The Morgan fingerprint density at radius 2 is 1.83 bits per heavy atom. The first-order valence-corrected chi connectivity index (χ1v) is 9.44. The van der Waals surface area contributed by atoms with Crippen LogP contribution in [0.3, 0.4) is 0 Å². The van der Waals surface area contributed by atoms with E-state index >= 15 is 0 Å². The van der Waals surface area contributed by atoms with Crippen LogP contribution >= 0.6 is 0 Å². The highest BCUT2D eigenvalue weighted by atomic mass is 28.4. The van der Waals surface area contributed by atoms with Crippen molar-refractivity contribution in [1.29, 1.82) is 0 Å². The van der Waals surface area contributed by atoms with Gasteiger partial charge in [0.15, 0.2) is 8.32 Å². The Balaban J connectivity index is 2.56. The first kappa shape index (κ1) is 15.0. The fourth-order valence-electron chi connectivity index (χ4n) is 1.73. The van der Waals surface area contributed by atoms with Crippen LogP contribution in [-0.2, 0) is 9.16 Å². The Morgan fingerprint density at radius 1 is 1.33 bits per heavy atom. The Kier molecular flexibility index (Phi) is 3.80. The first-order valence-electron chi connectivity index (χ1n) is 6.03.